The minimum absolute atomic E-state index is 0.0586. The van der Waals surface area contributed by atoms with E-state index in [-0.39, 0.29) is 5.92 Å². The number of rotatable bonds is 2. The zero-order chi connectivity index (χ0) is 10.8. The summed E-state index contributed by atoms with van der Waals surface area (Å²) in [6.07, 6.45) is 6.45. The van der Waals surface area contributed by atoms with E-state index >= 15 is 0 Å². The van der Waals surface area contributed by atoms with E-state index in [1.54, 1.807) is 18.2 Å². The van der Waals surface area contributed by atoms with Crippen LogP contribution in [0.15, 0.2) is 29.2 Å². The van der Waals surface area contributed by atoms with Gasteiger partial charge in [0.15, 0.2) is 9.84 Å². The highest BCUT2D eigenvalue weighted by atomic mass is 32.2. The standard InChI is InChI=1S/C11H12O2S/c1-4-9(2)10-6-5-7-11(8-10)14(3,12)13/h1,5-9H,2-3H3. The van der Waals surface area contributed by atoms with E-state index < -0.39 is 9.84 Å². The van der Waals surface area contributed by atoms with Crippen LogP contribution < -0.4 is 0 Å². The third-order valence-electron chi connectivity index (χ3n) is 2.04. The lowest BCUT2D eigenvalue weighted by Gasteiger charge is -2.05. The quantitative estimate of drug-likeness (QED) is 0.695. The monoisotopic (exact) mass is 208 g/mol. The summed E-state index contributed by atoms with van der Waals surface area (Å²) in [5.41, 5.74) is 0.857. The molecule has 0 aliphatic rings. The summed E-state index contributed by atoms with van der Waals surface area (Å²) in [7, 11) is -3.14. The molecular weight excluding hydrogens is 196 g/mol. The van der Waals surface area contributed by atoms with Gasteiger partial charge in [-0.2, -0.15) is 0 Å². The second-order valence-corrected chi connectivity index (χ2v) is 5.25. The summed E-state index contributed by atoms with van der Waals surface area (Å²) >= 11 is 0. The molecule has 0 saturated heterocycles. The van der Waals surface area contributed by atoms with Crippen molar-refractivity contribution in [3.05, 3.63) is 29.8 Å². The molecule has 14 heavy (non-hydrogen) atoms. The minimum Gasteiger partial charge on any atom is -0.224 e. The summed E-state index contributed by atoms with van der Waals surface area (Å²) in [5.74, 6) is 2.51. The molecule has 1 aromatic rings. The Balaban J connectivity index is 3.22. The molecule has 2 nitrogen and oxygen atoms in total. The maximum absolute atomic E-state index is 11.2. The molecule has 74 valence electrons. The fourth-order valence-electron chi connectivity index (χ4n) is 1.11. The van der Waals surface area contributed by atoms with Crippen molar-refractivity contribution in [1.82, 2.24) is 0 Å². The zero-order valence-corrected chi connectivity index (χ0v) is 9.01. The van der Waals surface area contributed by atoms with Crippen molar-refractivity contribution in [3.8, 4) is 12.3 Å². The number of sulfone groups is 1. The van der Waals surface area contributed by atoms with E-state index in [1.807, 2.05) is 13.0 Å². The van der Waals surface area contributed by atoms with Gasteiger partial charge in [-0.25, -0.2) is 8.42 Å². The Hall–Kier alpha value is -1.27. The van der Waals surface area contributed by atoms with Crippen molar-refractivity contribution in [2.75, 3.05) is 6.26 Å². The van der Waals surface area contributed by atoms with E-state index in [2.05, 4.69) is 5.92 Å². The highest BCUT2D eigenvalue weighted by molar-refractivity contribution is 7.90. The van der Waals surface area contributed by atoms with Crippen molar-refractivity contribution in [3.63, 3.8) is 0 Å². The number of terminal acetylenes is 1. The molecule has 3 heteroatoms. The van der Waals surface area contributed by atoms with Gasteiger partial charge in [-0.1, -0.05) is 18.1 Å². The van der Waals surface area contributed by atoms with E-state index in [0.29, 0.717) is 4.90 Å². The molecule has 0 saturated carbocycles. The Kier molecular flexibility index (Phi) is 2.97. The molecule has 0 spiro atoms. The third kappa shape index (κ3) is 2.36. The van der Waals surface area contributed by atoms with Crippen LogP contribution in [0, 0.1) is 12.3 Å². The van der Waals surface area contributed by atoms with E-state index in [4.69, 9.17) is 6.42 Å². The predicted molar refractivity (Wildman–Crippen MR) is 56.8 cm³/mol. The molecule has 0 fully saturated rings. The fourth-order valence-corrected chi connectivity index (χ4v) is 1.79. The lowest BCUT2D eigenvalue weighted by Crippen LogP contribution is -1.99. The first-order chi connectivity index (χ1) is 6.45. The smallest absolute Gasteiger partial charge is 0.175 e. The maximum atomic E-state index is 11.2. The minimum atomic E-state index is -3.14. The summed E-state index contributed by atoms with van der Waals surface area (Å²) in [4.78, 5) is 0.317. The summed E-state index contributed by atoms with van der Waals surface area (Å²) < 4.78 is 22.5. The molecule has 0 aliphatic heterocycles. The van der Waals surface area contributed by atoms with Gasteiger partial charge in [-0.15, -0.1) is 6.42 Å². The Morgan fingerprint density at radius 3 is 2.57 bits per heavy atom. The van der Waals surface area contributed by atoms with Crippen molar-refractivity contribution >= 4 is 9.84 Å². The highest BCUT2D eigenvalue weighted by Gasteiger charge is 2.09. The van der Waals surface area contributed by atoms with E-state index in [1.165, 1.54) is 6.26 Å². The molecule has 0 amide bonds. The normalized spacial score (nSPS) is 13.2. The average Bonchev–Trinajstić information content (AvgIpc) is 2.15. The lowest BCUT2D eigenvalue weighted by atomic mass is 10.0. The Morgan fingerprint density at radius 2 is 2.07 bits per heavy atom. The van der Waals surface area contributed by atoms with Crippen LogP contribution in [0.1, 0.15) is 18.4 Å². The van der Waals surface area contributed by atoms with Gasteiger partial charge in [0.25, 0.3) is 0 Å². The number of hydrogen-bond acceptors (Lipinski definition) is 2. The first-order valence-electron chi connectivity index (χ1n) is 4.21. The van der Waals surface area contributed by atoms with Gasteiger partial charge >= 0.3 is 0 Å². The van der Waals surface area contributed by atoms with Gasteiger partial charge in [0.1, 0.15) is 0 Å². The molecular formula is C11H12O2S. The van der Waals surface area contributed by atoms with Crippen LogP contribution in [0.5, 0.6) is 0 Å². The van der Waals surface area contributed by atoms with Gasteiger partial charge in [0.2, 0.25) is 0 Å². The van der Waals surface area contributed by atoms with Crippen LogP contribution in [-0.2, 0) is 9.84 Å². The lowest BCUT2D eigenvalue weighted by molar-refractivity contribution is 0.601. The zero-order valence-electron chi connectivity index (χ0n) is 8.19. The van der Waals surface area contributed by atoms with Crippen molar-refractivity contribution in [1.29, 1.82) is 0 Å². The van der Waals surface area contributed by atoms with Gasteiger partial charge in [0, 0.05) is 12.2 Å². The third-order valence-corrected chi connectivity index (χ3v) is 3.15. The Labute approximate surface area is 84.9 Å². The molecule has 1 aromatic carbocycles. The molecule has 0 N–H and O–H groups in total. The second kappa shape index (κ2) is 3.85. The summed E-state index contributed by atoms with van der Waals surface area (Å²) in [6.45, 7) is 1.86. The molecule has 1 unspecified atom stereocenters. The van der Waals surface area contributed by atoms with E-state index in [9.17, 15) is 8.42 Å². The molecule has 0 heterocycles. The van der Waals surface area contributed by atoms with Gasteiger partial charge in [-0.05, 0) is 24.6 Å². The Bertz CT molecular complexity index is 466. The molecule has 0 aliphatic carbocycles. The van der Waals surface area contributed by atoms with Gasteiger partial charge < -0.3 is 0 Å². The first-order valence-corrected chi connectivity index (χ1v) is 6.10. The average molecular weight is 208 g/mol. The first kappa shape index (κ1) is 10.8. The van der Waals surface area contributed by atoms with Crippen LogP contribution in [-0.4, -0.2) is 14.7 Å². The van der Waals surface area contributed by atoms with Crippen molar-refractivity contribution in [2.24, 2.45) is 0 Å². The van der Waals surface area contributed by atoms with Crippen molar-refractivity contribution in [2.45, 2.75) is 17.7 Å². The van der Waals surface area contributed by atoms with Crippen LogP contribution in [0.4, 0.5) is 0 Å². The van der Waals surface area contributed by atoms with Crippen LogP contribution in [0.2, 0.25) is 0 Å². The van der Waals surface area contributed by atoms with Crippen LogP contribution in [0.25, 0.3) is 0 Å². The SMILES string of the molecule is C#CC(C)c1cccc(S(C)(=O)=O)c1. The molecule has 0 bridgehead atoms. The van der Waals surface area contributed by atoms with Crippen molar-refractivity contribution < 1.29 is 8.42 Å². The second-order valence-electron chi connectivity index (χ2n) is 3.23. The molecule has 1 atom stereocenters. The number of benzene rings is 1. The summed E-state index contributed by atoms with van der Waals surface area (Å²) in [5, 5.41) is 0. The predicted octanol–water partition coefficient (Wildman–Crippen LogP) is 1.83. The summed E-state index contributed by atoms with van der Waals surface area (Å²) in [6, 6.07) is 6.74. The highest BCUT2D eigenvalue weighted by Crippen LogP contribution is 2.18. The molecule has 1 rings (SSSR count). The Morgan fingerprint density at radius 1 is 1.43 bits per heavy atom. The van der Waals surface area contributed by atoms with Gasteiger partial charge in [0.05, 0.1) is 4.90 Å². The molecule has 0 radical (unpaired) electrons. The van der Waals surface area contributed by atoms with Gasteiger partial charge in [-0.3, -0.25) is 0 Å². The topological polar surface area (TPSA) is 34.1 Å². The molecule has 0 aromatic heterocycles. The fraction of sp³-hybridized carbons (Fsp3) is 0.273. The largest absolute Gasteiger partial charge is 0.224 e. The van der Waals surface area contributed by atoms with E-state index in [0.717, 1.165) is 5.56 Å². The number of hydrogen-bond donors (Lipinski definition) is 0. The maximum Gasteiger partial charge on any atom is 0.175 e. The van der Waals surface area contributed by atoms with Crippen LogP contribution in [0.3, 0.4) is 0 Å². The van der Waals surface area contributed by atoms with Crippen LogP contribution >= 0.6 is 0 Å².